The lowest BCUT2D eigenvalue weighted by atomic mass is 10.0. The number of thioether (sulfide) groups is 1. The molecule has 8 nitrogen and oxygen atoms in total. The lowest BCUT2D eigenvalue weighted by Crippen LogP contribution is -2.61. The highest BCUT2D eigenvalue weighted by molar-refractivity contribution is 8.01. The topological polar surface area (TPSA) is 89.6 Å². The smallest absolute Gasteiger partial charge is 0.253 e. The molecule has 3 aromatic rings. The normalized spacial score (nSPS) is 24.1. The molecule has 5 rings (SSSR count). The third-order valence-electron chi connectivity index (χ3n) is 6.72. The van der Waals surface area contributed by atoms with Crippen molar-refractivity contribution in [3.63, 3.8) is 0 Å². The number of piperazine rings is 1. The largest absolute Gasteiger partial charge is 0.342 e. The van der Waals surface area contributed by atoms with Crippen LogP contribution in [-0.2, 0) is 16.9 Å². The summed E-state index contributed by atoms with van der Waals surface area (Å²) < 4.78 is 0. The van der Waals surface area contributed by atoms with Crippen LogP contribution in [0.5, 0.6) is 0 Å². The molecule has 37 heavy (non-hydrogen) atoms. The number of carbonyl (C=O) groups is 2. The monoisotopic (exact) mass is 536 g/mol. The second kappa shape index (κ2) is 10.8. The van der Waals surface area contributed by atoms with Gasteiger partial charge in [0, 0.05) is 67.7 Å². The molecule has 3 heterocycles. The molecule has 0 saturated carbocycles. The van der Waals surface area contributed by atoms with Crippen LogP contribution in [0.15, 0.2) is 66.3 Å². The number of carbonyl (C=O) groups excluding carboxylic acids is 2. The van der Waals surface area contributed by atoms with E-state index in [-0.39, 0.29) is 17.4 Å². The second-order valence-corrected chi connectivity index (χ2v) is 11.8. The van der Waals surface area contributed by atoms with Crippen molar-refractivity contribution in [2.75, 3.05) is 37.2 Å². The van der Waals surface area contributed by atoms with Gasteiger partial charge in [0.05, 0.1) is 11.0 Å². The van der Waals surface area contributed by atoms with Crippen molar-refractivity contribution in [2.24, 2.45) is 0 Å². The minimum Gasteiger partial charge on any atom is -0.342 e. The minimum atomic E-state index is -0.870. The molecule has 2 fully saturated rings. The van der Waals surface area contributed by atoms with Crippen LogP contribution in [-0.4, -0.2) is 63.6 Å². The summed E-state index contributed by atoms with van der Waals surface area (Å²) in [5.74, 6) is 0.669. The molecule has 2 aliphatic rings. The van der Waals surface area contributed by atoms with Crippen LogP contribution in [0.4, 0.5) is 5.69 Å². The zero-order chi connectivity index (χ0) is 25.9. The number of aromatic nitrogens is 1. The Hall–Kier alpha value is -2.92. The predicted octanol–water partition coefficient (Wildman–Crippen LogP) is 3.51. The van der Waals surface area contributed by atoms with E-state index in [1.54, 1.807) is 23.1 Å². The Morgan fingerprint density at radius 1 is 1.05 bits per heavy atom. The second-order valence-electron chi connectivity index (χ2n) is 9.73. The summed E-state index contributed by atoms with van der Waals surface area (Å²) in [7, 11) is 0. The Balaban J connectivity index is 1.21. The predicted molar refractivity (Wildman–Crippen MR) is 149 cm³/mol. The van der Waals surface area contributed by atoms with Crippen LogP contribution >= 0.6 is 23.1 Å². The van der Waals surface area contributed by atoms with E-state index in [4.69, 9.17) is 0 Å². The molecule has 0 bridgehead atoms. The van der Waals surface area contributed by atoms with Crippen LogP contribution in [0.2, 0.25) is 0 Å². The lowest BCUT2D eigenvalue weighted by molar-refractivity contribution is -0.120. The number of benzene rings is 2. The summed E-state index contributed by atoms with van der Waals surface area (Å²) >= 11 is 3.19. The Morgan fingerprint density at radius 3 is 2.43 bits per heavy atom. The van der Waals surface area contributed by atoms with Crippen molar-refractivity contribution in [2.45, 2.75) is 31.0 Å². The quantitative estimate of drug-likeness (QED) is 0.398. The molecule has 2 aromatic carbocycles. The first-order valence-electron chi connectivity index (χ1n) is 12.4. The molecule has 1 aromatic heterocycles. The van der Waals surface area contributed by atoms with E-state index >= 15 is 0 Å². The number of anilines is 1. The molecule has 194 valence electrons. The SMILES string of the molecule is CC(=O)NC1(Nc2ccc(C(=O)N3CCN(Cc4ccccc4)CC3)cc2)NC(C)(c2cncs2)CS1. The number of nitrogens with zero attached hydrogens (tertiary/aromatic N) is 3. The van der Waals surface area contributed by atoms with Crippen molar-refractivity contribution in [3.05, 3.63) is 82.3 Å². The Kier molecular flexibility index (Phi) is 7.52. The number of rotatable bonds is 7. The molecule has 3 N–H and O–H groups in total. The van der Waals surface area contributed by atoms with Crippen LogP contribution in [0.1, 0.15) is 34.6 Å². The molecular formula is C27H32N6O2S2. The highest BCUT2D eigenvalue weighted by atomic mass is 32.2. The van der Waals surface area contributed by atoms with Gasteiger partial charge in [0.1, 0.15) is 0 Å². The third-order valence-corrected chi connectivity index (χ3v) is 9.22. The first-order valence-corrected chi connectivity index (χ1v) is 14.3. The van der Waals surface area contributed by atoms with Crippen molar-refractivity contribution in [3.8, 4) is 0 Å². The molecular weight excluding hydrogens is 504 g/mol. The number of hydrogen-bond acceptors (Lipinski definition) is 8. The number of amides is 2. The van der Waals surface area contributed by atoms with Crippen LogP contribution in [0, 0.1) is 0 Å². The van der Waals surface area contributed by atoms with Crippen molar-refractivity contribution < 1.29 is 9.59 Å². The van der Waals surface area contributed by atoms with Gasteiger partial charge in [0.25, 0.3) is 5.91 Å². The number of hydrogen-bond donors (Lipinski definition) is 3. The van der Waals surface area contributed by atoms with Gasteiger partial charge in [-0.2, -0.15) is 0 Å². The van der Waals surface area contributed by atoms with Gasteiger partial charge in [-0.05, 0) is 36.8 Å². The van der Waals surface area contributed by atoms with Gasteiger partial charge in [-0.15, -0.1) is 11.3 Å². The average molecular weight is 537 g/mol. The van der Waals surface area contributed by atoms with Crippen LogP contribution in [0.25, 0.3) is 0 Å². The molecule has 2 unspecified atom stereocenters. The van der Waals surface area contributed by atoms with Crippen molar-refractivity contribution in [1.82, 2.24) is 25.4 Å². The van der Waals surface area contributed by atoms with E-state index in [1.807, 2.05) is 46.9 Å². The minimum absolute atomic E-state index is 0.0497. The first kappa shape index (κ1) is 25.7. The van der Waals surface area contributed by atoms with Crippen molar-refractivity contribution >= 4 is 40.6 Å². The average Bonchev–Trinajstić information content (AvgIpc) is 3.55. The molecule has 10 heteroatoms. The van der Waals surface area contributed by atoms with Gasteiger partial charge in [-0.25, -0.2) is 0 Å². The molecule has 2 atom stereocenters. The molecule has 2 saturated heterocycles. The standard InChI is InChI=1S/C27H32N6O2S2/c1-20(34)29-27(31-26(2,18-37-27)24-16-28-19-36-24)30-23-10-8-22(9-11-23)25(35)33-14-12-32(13-15-33)17-21-6-4-3-5-7-21/h3-11,16,19,30-31H,12-15,17-18H2,1-2H3,(H,29,34). The van der Waals surface area contributed by atoms with Crippen molar-refractivity contribution in [1.29, 1.82) is 0 Å². The van der Waals surface area contributed by atoms with Gasteiger partial charge >= 0.3 is 0 Å². The lowest BCUT2D eigenvalue weighted by Gasteiger charge is -2.35. The fraction of sp³-hybridized carbons (Fsp3) is 0.370. The molecule has 2 amide bonds. The van der Waals surface area contributed by atoms with Gasteiger partial charge in [-0.3, -0.25) is 24.8 Å². The van der Waals surface area contributed by atoms with E-state index in [0.717, 1.165) is 36.0 Å². The fourth-order valence-corrected chi connectivity index (χ4v) is 7.05. The fourth-order valence-electron chi connectivity index (χ4n) is 4.78. The van der Waals surface area contributed by atoms with Gasteiger partial charge in [0.15, 0.2) is 0 Å². The maximum absolute atomic E-state index is 13.2. The van der Waals surface area contributed by atoms with Gasteiger partial charge < -0.3 is 15.5 Å². The number of thiazole rings is 1. The Labute approximate surface area is 225 Å². The highest BCUT2D eigenvalue weighted by Crippen LogP contribution is 2.41. The van der Waals surface area contributed by atoms with Crippen LogP contribution in [0.3, 0.4) is 0 Å². The summed E-state index contributed by atoms with van der Waals surface area (Å²) in [5.41, 5.74) is 4.26. The summed E-state index contributed by atoms with van der Waals surface area (Å²) in [6, 6.07) is 17.9. The molecule has 0 aliphatic carbocycles. The maximum atomic E-state index is 13.2. The highest BCUT2D eigenvalue weighted by Gasteiger charge is 2.48. The number of nitrogens with one attached hydrogen (secondary N) is 3. The molecule has 2 aliphatic heterocycles. The van der Waals surface area contributed by atoms with Crippen LogP contribution < -0.4 is 16.0 Å². The summed E-state index contributed by atoms with van der Waals surface area (Å²) in [6.07, 6.45) is 1.87. The third kappa shape index (κ3) is 5.98. The molecule has 0 spiro atoms. The van der Waals surface area contributed by atoms with E-state index < -0.39 is 5.12 Å². The van der Waals surface area contributed by atoms with Gasteiger partial charge in [-0.1, -0.05) is 42.1 Å². The first-order chi connectivity index (χ1) is 17.8. The maximum Gasteiger partial charge on any atom is 0.253 e. The summed E-state index contributed by atoms with van der Waals surface area (Å²) in [4.78, 5) is 34.9. The van der Waals surface area contributed by atoms with E-state index in [1.165, 1.54) is 12.5 Å². The van der Waals surface area contributed by atoms with E-state index in [2.05, 4.69) is 57.0 Å². The van der Waals surface area contributed by atoms with Gasteiger partial charge in [0.2, 0.25) is 11.0 Å². The summed E-state index contributed by atoms with van der Waals surface area (Å²) in [6.45, 7) is 7.69. The zero-order valence-electron chi connectivity index (χ0n) is 21.1. The molecule has 0 radical (unpaired) electrons. The van der Waals surface area contributed by atoms with E-state index in [0.29, 0.717) is 18.7 Å². The van der Waals surface area contributed by atoms with E-state index in [9.17, 15) is 9.59 Å². The summed E-state index contributed by atoms with van der Waals surface area (Å²) in [5, 5.41) is 9.20. The zero-order valence-corrected chi connectivity index (χ0v) is 22.7. The Bertz CT molecular complexity index is 1220. The Morgan fingerprint density at radius 2 is 1.78 bits per heavy atom.